The van der Waals surface area contributed by atoms with E-state index in [2.05, 4.69) is 26.5 Å². The van der Waals surface area contributed by atoms with Gasteiger partial charge in [0, 0.05) is 21.9 Å². The van der Waals surface area contributed by atoms with Gasteiger partial charge in [-0.05, 0) is 30.3 Å². The molecule has 0 aliphatic carbocycles. The van der Waals surface area contributed by atoms with Crippen LogP contribution in [0.15, 0.2) is 56.9 Å². The number of hydrazone groups is 1. The summed E-state index contributed by atoms with van der Waals surface area (Å²) in [5.41, 5.74) is 4.30. The van der Waals surface area contributed by atoms with E-state index in [-0.39, 0.29) is 12.3 Å². The number of benzene rings is 2. The molecule has 0 saturated heterocycles. The quantitative estimate of drug-likeness (QED) is 0.321. The Morgan fingerprint density at radius 3 is 2.70 bits per heavy atom. The van der Waals surface area contributed by atoms with Crippen molar-refractivity contribution < 1.29 is 10.0 Å². The van der Waals surface area contributed by atoms with Crippen LogP contribution in [0.5, 0.6) is 0 Å². The fourth-order valence-corrected chi connectivity index (χ4v) is 2.76. The Morgan fingerprint density at radius 2 is 2.04 bits per heavy atom. The van der Waals surface area contributed by atoms with Crippen LogP contribution >= 0.6 is 27.7 Å². The third-order valence-electron chi connectivity index (χ3n) is 2.78. The number of nitrogens with one attached hydrogen (secondary N) is 1. The van der Waals surface area contributed by atoms with Gasteiger partial charge in [-0.2, -0.15) is 5.10 Å². The smallest absolute Gasteiger partial charge is 0.283 e. The highest BCUT2D eigenvalue weighted by Gasteiger charge is 2.14. The zero-order valence-electron chi connectivity index (χ0n) is 12.0. The fourth-order valence-electron chi connectivity index (χ4n) is 1.74. The van der Waals surface area contributed by atoms with Crippen molar-refractivity contribution in [2.45, 2.75) is 4.90 Å². The van der Waals surface area contributed by atoms with E-state index in [0.717, 1.165) is 10.2 Å². The molecule has 0 saturated carbocycles. The number of aliphatic hydroxyl groups is 1. The lowest BCUT2D eigenvalue weighted by molar-refractivity contribution is -0.387. The van der Waals surface area contributed by atoms with E-state index >= 15 is 0 Å². The molecule has 0 fully saturated rings. The Balaban J connectivity index is 2.10. The van der Waals surface area contributed by atoms with Crippen molar-refractivity contribution in [1.82, 2.24) is 0 Å². The summed E-state index contributed by atoms with van der Waals surface area (Å²) in [5, 5.41) is 24.0. The van der Waals surface area contributed by atoms with Crippen LogP contribution in [0.4, 0.5) is 11.4 Å². The summed E-state index contributed by atoms with van der Waals surface area (Å²) in [5.74, 6) is 0.416. The van der Waals surface area contributed by atoms with E-state index in [4.69, 9.17) is 5.11 Å². The van der Waals surface area contributed by atoms with E-state index < -0.39 is 4.92 Å². The third kappa shape index (κ3) is 5.34. The topological polar surface area (TPSA) is 87.8 Å². The van der Waals surface area contributed by atoms with Gasteiger partial charge >= 0.3 is 0 Å². The maximum absolute atomic E-state index is 11.1. The number of nitrogens with zero attached hydrogens (tertiary/aromatic N) is 2. The van der Waals surface area contributed by atoms with Crippen LogP contribution in [-0.4, -0.2) is 28.6 Å². The van der Waals surface area contributed by atoms with Crippen LogP contribution in [-0.2, 0) is 0 Å². The lowest BCUT2D eigenvalue weighted by atomic mass is 10.2. The predicted molar refractivity (Wildman–Crippen MR) is 96.3 cm³/mol. The second kappa shape index (κ2) is 8.66. The summed E-state index contributed by atoms with van der Waals surface area (Å²) in [6.45, 7) is -0.0257. The van der Waals surface area contributed by atoms with Gasteiger partial charge < -0.3 is 5.11 Å². The second-order valence-electron chi connectivity index (χ2n) is 4.43. The number of hydrogen-bond acceptors (Lipinski definition) is 6. The molecule has 0 bridgehead atoms. The normalized spacial score (nSPS) is 10.9. The molecule has 2 N–H and O–H groups in total. The lowest BCUT2D eigenvalue weighted by Crippen LogP contribution is -1.96. The van der Waals surface area contributed by atoms with Gasteiger partial charge in [-0.25, -0.2) is 0 Å². The first-order chi connectivity index (χ1) is 11.1. The summed E-state index contributed by atoms with van der Waals surface area (Å²) < 4.78 is 0.971. The lowest BCUT2D eigenvalue weighted by Gasteiger charge is -2.03. The maximum Gasteiger partial charge on any atom is 0.283 e. The molecular weight excluding hydrogens is 382 g/mol. The van der Waals surface area contributed by atoms with Crippen LogP contribution in [0.1, 0.15) is 5.56 Å². The number of thioether (sulfide) groups is 1. The van der Waals surface area contributed by atoms with Crippen molar-refractivity contribution in [2.24, 2.45) is 5.10 Å². The van der Waals surface area contributed by atoms with E-state index in [9.17, 15) is 10.1 Å². The molecule has 0 spiro atoms. The van der Waals surface area contributed by atoms with Gasteiger partial charge in [0.25, 0.3) is 5.69 Å². The minimum absolute atomic E-state index is 0.0102. The van der Waals surface area contributed by atoms with Gasteiger partial charge in [-0.3, -0.25) is 15.5 Å². The standard InChI is InChI=1S/C15H14BrN3O3S/c16-12-2-4-13(5-3-12)18-17-10-11-1-6-15(23-8-7-20)14(9-11)19(21)22/h1-6,9-10,18,20H,7-8H2. The molecule has 0 amide bonds. The molecule has 120 valence electrons. The molecule has 0 atom stereocenters. The first-order valence-electron chi connectivity index (χ1n) is 6.67. The van der Waals surface area contributed by atoms with Crippen LogP contribution in [0.3, 0.4) is 0 Å². The van der Waals surface area contributed by atoms with E-state index in [1.807, 2.05) is 24.3 Å². The monoisotopic (exact) mass is 395 g/mol. The summed E-state index contributed by atoms with van der Waals surface area (Å²) in [7, 11) is 0. The Labute approximate surface area is 145 Å². The van der Waals surface area contributed by atoms with E-state index in [1.54, 1.807) is 12.1 Å². The highest BCUT2D eigenvalue weighted by molar-refractivity contribution is 9.10. The number of hydrogen-bond donors (Lipinski definition) is 2. The number of nitro groups is 1. The number of anilines is 1. The molecule has 2 rings (SSSR count). The van der Waals surface area contributed by atoms with Gasteiger partial charge in [-0.1, -0.05) is 22.0 Å². The van der Waals surface area contributed by atoms with E-state index in [1.165, 1.54) is 24.0 Å². The molecule has 0 unspecified atom stereocenters. The second-order valence-corrected chi connectivity index (χ2v) is 6.49. The molecule has 2 aromatic carbocycles. The molecule has 0 aliphatic heterocycles. The molecule has 0 radical (unpaired) electrons. The predicted octanol–water partition coefficient (Wildman–Crippen LogP) is 3.89. The third-order valence-corrected chi connectivity index (χ3v) is 4.35. The molecule has 0 aromatic heterocycles. The van der Waals surface area contributed by atoms with Crippen molar-refractivity contribution in [1.29, 1.82) is 0 Å². The zero-order chi connectivity index (χ0) is 16.7. The highest BCUT2D eigenvalue weighted by atomic mass is 79.9. The van der Waals surface area contributed by atoms with Crippen LogP contribution in [0.2, 0.25) is 0 Å². The number of aliphatic hydroxyl groups excluding tert-OH is 1. The summed E-state index contributed by atoms with van der Waals surface area (Å²) >= 11 is 4.60. The van der Waals surface area contributed by atoms with Crippen molar-refractivity contribution >= 4 is 45.3 Å². The summed E-state index contributed by atoms with van der Waals surface area (Å²) in [6, 6.07) is 12.4. The highest BCUT2D eigenvalue weighted by Crippen LogP contribution is 2.29. The van der Waals surface area contributed by atoms with Gasteiger partial charge in [0.15, 0.2) is 0 Å². The number of rotatable bonds is 7. The van der Waals surface area contributed by atoms with Gasteiger partial charge in [0.1, 0.15) is 0 Å². The molecule has 2 aromatic rings. The van der Waals surface area contributed by atoms with Crippen LogP contribution < -0.4 is 5.43 Å². The average molecular weight is 396 g/mol. The molecule has 8 heteroatoms. The van der Waals surface area contributed by atoms with Gasteiger partial charge in [0.2, 0.25) is 0 Å². The van der Waals surface area contributed by atoms with Crippen molar-refractivity contribution in [2.75, 3.05) is 17.8 Å². The first-order valence-corrected chi connectivity index (χ1v) is 8.45. The Morgan fingerprint density at radius 1 is 1.30 bits per heavy atom. The Kier molecular flexibility index (Phi) is 6.57. The minimum atomic E-state index is -0.431. The van der Waals surface area contributed by atoms with Gasteiger partial charge in [-0.15, -0.1) is 11.8 Å². The first kappa shape index (κ1) is 17.5. The number of nitro benzene ring substituents is 1. The molecule has 0 aliphatic rings. The molecule has 6 nitrogen and oxygen atoms in total. The van der Waals surface area contributed by atoms with Gasteiger partial charge in [0.05, 0.1) is 28.3 Å². The van der Waals surface area contributed by atoms with Crippen molar-refractivity contribution in [3.63, 3.8) is 0 Å². The van der Waals surface area contributed by atoms with Crippen LogP contribution in [0, 0.1) is 10.1 Å². The largest absolute Gasteiger partial charge is 0.396 e. The number of halogens is 1. The maximum atomic E-state index is 11.1. The summed E-state index contributed by atoms with van der Waals surface area (Å²) in [4.78, 5) is 11.2. The minimum Gasteiger partial charge on any atom is -0.396 e. The molecule has 0 heterocycles. The van der Waals surface area contributed by atoms with Crippen molar-refractivity contribution in [3.8, 4) is 0 Å². The Bertz CT molecular complexity index is 708. The Hall–Kier alpha value is -1.90. The SMILES string of the molecule is O=[N+]([O-])c1cc(C=NNc2ccc(Br)cc2)ccc1SCCO. The molecular formula is C15H14BrN3O3S. The fraction of sp³-hybridized carbons (Fsp3) is 0.133. The van der Waals surface area contributed by atoms with Crippen molar-refractivity contribution in [3.05, 3.63) is 62.6 Å². The van der Waals surface area contributed by atoms with E-state index in [0.29, 0.717) is 16.2 Å². The zero-order valence-corrected chi connectivity index (χ0v) is 14.4. The summed E-state index contributed by atoms with van der Waals surface area (Å²) in [6.07, 6.45) is 1.52. The average Bonchev–Trinajstić information content (AvgIpc) is 2.55. The van der Waals surface area contributed by atoms with Crippen LogP contribution in [0.25, 0.3) is 0 Å². The molecule has 23 heavy (non-hydrogen) atoms.